The van der Waals surface area contributed by atoms with Crippen molar-refractivity contribution in [2.24, 2.45) is 5.92 Å². The lowest BCUT2D eigenvalue weighted by Gasteiger charge is -2.22. The van der Waals surface area contributed by atoms with Gasteiger partial charge in [-0.15, -0.1) is 6.58 Å². The Morgan fingerprint density at radius 3 is 2.33 bits per heavy atom. The minimum Gasteiger partial charge on any atom is -0.314 e. The van der Waals surface area contributed by atoms with E-state index in [9.17, 15) is 0 Å². The van der Waals surface area contributed by atoms with Gasteiger partial charge in [-0.3, -0.25) is 0 Å². The van der Waals surface area contributed by atoms with Crippen LogP contribution in [0.1, 0.15) is 40.0 Å². The lowest BCUT2D eigenvalue weighted by molar-refractivity contribution is 0.357. The molecule has 0 aliphatic rings. The Morgan fingerprint density at radius 2 is 1.92 bits per heavy atom. The number of hydrogen-bond donors (Lipinski definition) is 1. The molecule has 0 rings (SSSR count). The van der Waals surface area contributed by atoms with Crippen LogP contribution in [-0.4, -0.2) is 12.6 Å². The van der Waals surface area contributed by atoms with Gasteiger partial charge in [0.15, 0.2) is 0 Å². The fraction of sp³-hybridized carbons (Fsp3) is 0.818. The van der Waals surface area contributed by atoms with E-state index >= 15 is 0 Å². The van der Waals surface area contributed by atoms with Crippen molar-refractivity contribution in [3.8, 4) is 0 Å². The monoisotopic (exact) mass is 169 g/mol. The Kier molecular flexibility index (Phi) is 7.17. The van der Waals surface area contributed by atoms with Crippen LogP contribution < -0.4 is 5.32 Å². The van der Waals surface area contributed by atoms with E-state index in [4.69, 9.17) is 0 Å². The van der Waals surface area contributed by atoms with Crippen molar-refractivity contribution in [3.63, 3.8) is 0 Å². The molecular formula is C11H23N. The van der Waals surface area contributed by atoms with E-state index in [1.807, 2.05) is 6.08 Å². The normalized spacial score (nSPS) is 13.3. The Labute approximate surface area is 77.2 Å². The van der Waals surface area contributed by atoms with E-state index in [-0.39, 0.29) is 0 Å². The molecule has 0 radical (unpaired) electrons. The molecule has 0 aliphatic heterocycles. The fourth-order valence-corrected chi connectivity index (χ4v) is 1.58. The summed E-state index contributed by atoms with van der Waals surface area (Å²) >= 11 is 0. The first kappa shape index (κ1) is 11.7. The van der Waals surface area contributed by atoms with Gasteiger partial charge in [0, 0.05) is 6.04 Å². The van der Waals surface area contributed by atoms with Crippen molar-refractivity contribution in [2.75, 3.05) is 6.54 Å². The zero-order valence-electron chi connectivity index (χ0n) is 8.77. The van der Waals surface area contributed by atoms with Gasteiger partial charge in [-0.05, 0) is 25.8 Å². The van der Waals surface area contributed by atoms with Gasteiger partial charge in [-0.25, -0.2) is 0 Å². The topological polar surface area (TPSA) is 12.0 Å². The zero-order chi connectivity index (χ0) is 9.40. The molecular weight excluding hydrogens is 146 g/mol. The smallest absolute Gasteiger partial charge is 0.00669 e. The first-order valence-electron chi connectivity index (χ1n) is 5.10. The molecule has 0 heterocycles. The van der Waals surface area contributed by atoms with Gasteiger partial charge in [-0.1, -0.05) is 32.8 Å². The highest BCUT2D eigenvalue weighted by Gasteiger charge is 2.11. The predicted octanol–water partition coefficient (Wildman–Crippen LogP) is 2.98. The third kappa shape index (κ3) is 4.55. The van der Waals surface area contributed by atoms with Crippen LogP contribution in [0.3, 0.4) is 0 Å². The molecule has 1 nitrogen and oxygen atoms in total. The Hall–Kier alpha value is -0.300. The lowest BCUT2D eigenvalue weighted by Crippen LogP contribution is -2.33. The van der Waals surface area contributed by atoms with Crippen molar-refractivity contribution >= 4 is 0 Å². The van der Waals surface area contributed by atoms with Crippen molar-refractivity contribution in [2.45, 2.75) is 46.1 Å². The van der Waals surface area contributed by atoms with Crippen LogP contribution in [0.4, 0.5) is 0 Å². The molecule has 0 amide bonds. The average molecular weight is 169 g/mol. The highest BCUT2D eigenvalue weighted by atomic mass is 14.9. The maximum absolute atomic E-state index is 3.70. The van der Waals surface area contributed by atoms with Crippen molar-refractivity contribution in [3.05, 3.63) is 12.7 Å². The lowest BCUT2D eigenvalue weighted by atomic mass is 9.95. The number of nitrogens with one attached hydrogen (secondary N) is 1. The SMILES string of the molecule is C=CCCNC(C)C(CC)CC. The summed E-state index contributed by atoms with van der Waals surface area (Å²) in [6.07, 6.45) is 5.59. The Morgan fingerprint density at radius 1 is 1.33 bits per heavy atom. The van der Waals surface area contributed by atoms with Crippen molar-refractivity contribution < 1.29 is 0 Å². The summed E-state index contributed by atoms with van der Waals surface area (Å²) < 4.78 is 0. The molecule has 0 aromatic rings. The van der Waals surface area contributed by atoms with Crippen molar-refractivity contribution in [1.82, 2.24) is 5.32 Å². The third-order valence-electron chi connectivity index (χ3n) is 2.57. The highest BCUT2D eigenvalue weighted by Crippen LogP contribution is 2.12. The van der Waals surface area contributed by atoms with Crippen LogP contribution in [-0.2, 0) is 0 Å². The van der Waals surface area contributed by atoms with Crippen molar-refractivity contribution in [1.29, 1.82) is 0 Å². The van der Waals surface area contributed by atoms with Gasteiger partial charge in [0.1, 0.15) is 0 Å². The molecule has 0 saturated carbocycles. The molecule has 72 valence electrons. The molecule has 1 N–H and O–H groups in total. The summed E-state index contributed by atoms with van der Waals surface area (Å²) in [5, 5.41) is 3.51. The predicted molar refractivity (Wildman–Crippen MR) is 56.4 cm³/mol. The summed E-state index contributed by atoms with van der Waals surface area (Å²) in [5.41, 5.74) is 0. The average Bonchev–Trinajstić information content (AvgIpc) is 2.07. The molecule has 0 aliphatic carbocycles. The van der Waals surface area contributed by atoms with Crippen LogP contribution in [0.25, 0.3) is 0 Å². The number of rotatable bonds is 7. The standard InChI is InChI=1S/C11H23N/c1-5-8-9-12-10(4)11(6-2)7-3/h5,10-12H,1,6-9H2,2-4H3. The molecule has 0 spiro atoms. The van der Waals surface area contributed by atoms with E-state index < -0.39 is 0 Å². The van der Waals surface area contributed by atoms with Gasteiger partial charge in [0.05, 0.1) is 0 Å². The quantitative estimate of drug-likeness (QED) is 0.456. The molecule has 1 unspecified atom stereocenters. The maximum Gasteiger partial charge on any atom is 0.00669 e. The summed E-state index contributed by atoms with van der Waals surface area (Å²) in [5.74, 6) is 0.829. The van der Waals surface area contributed by atoms with Crippen LogP contribution in [0.5, 0.6) is 0 Å². The van der Waals surface area contributed by atoms with Gasteiger partial charge in [-0.2, -0.15) is 0 Å². The van der Waals surface area contributed by atoms with E-state index in [1.54, 1.807) is 0 Å². The van der Waals surface area contributed by atoms with Gasteiger partial charge in [0.25, 0.3) is 0 Å². The minimum atomic E-state index is 0.653. The van der Waals surface area contributed by atoms with Gasteiger partial charge < -0.3 is 5.32 Å². The second kappa shape index (κ2) is 7.35. The second-order valence-electron chi connectivity index (χ2n) is 3.40. The summed E-state index contributed by atoms with van der Waals surface area (Å²) in [6.45, 7) is 11.6. The molecule has 12 heavy (non-hydrogen) atoms. The van der Waals surface area contributed by atoms with Crippen LogP contribution in [0.2, 0.25) is 0 Å². The highest BCUT2D eigenvalue weighted by molar-refractivity contribution is 4.73. The van der Waals surface area contributed by atoms with E-state index in [2.05, 4.69) is 32.7 Å². The van der Waals surface area contributed by atoms with Gasteiger partial charge >= 0.3 is 0 Å². The van der Waals surface area contributed by atoms with Crippen LogP contribution in [0.15, 0.2) is 12.7 Å². The van der Waals surface area contributed by atoms with E-state index in [1.165, 1.54) is 12.8 Å². The maximum atomic E-state index is 3.70. The Bertz CT molecular complexity index is 106. The Balaban J connectivity index is 3.53. The molecule has 0 aromatic heterocycles. The molecule has 0 fully saturated rings. The first-order chi connectivity index (χ1) is 5.76. The molecule has 0 saturated heterocycles. The van der Waals surface area contributed by atoms with Gasteiger partial charge in [0.2, 0.25) is 0 Å². The summed E-state index contributed by atoms with van der Waals surface area (Å²) in [7, 11) is 0. The molecule has 1 atom stereocenters. The molecule has 1 heteroatoms. The third-order valence-corrected chi connectivity index (χ3v) is 2.57. The fourth-order valence-electron chi connectivity index (χ4n) is 1.58. The van der Waals surface area contributed by atoms with E-state index in [0.717, 1.165) is 18.9 Å². The summed E-state index contributed by atoms with van der Waals surface area (Å²) in [6, 6.07) is 0.653. The van der Waals surface area contributed by atoms with E-state index in [0.29, 0.717) is 6.04 Å². The number of hydrogen-bond acceptors (Lipinski definition) is 1. The molecule has 0 aromatic carbocycles. The zero-order valence-corrected chi connectivity index (χ0v) is 8.77. The second-order valence-corrected chi connectivity index (χ2v) is 3.40. The minimum absolute atomic E-state index is 0.653. The largest absolute Gasteiger partial charge is 0.314 e. The van der Waals surface area contributed by atoms with Crippen LogP contribution >= 0.6 is 0 Å². The first-order valence-corrected chi connectivity index (χ1v) is 5.10. The van der Waals surface area contributed by atoms with Crippen LogP contribution in [0, 0.1) is 5.92 Å². The molecule has 0 bridgehead atoms. The summed E-state index contributed by atoms with van der Waals surface area (Å²) in [4.78, 5) is 0.